The van der Waals surface area contributed by atoms with Gasteiger partial charge in [-0.2, -0.15) is 13.2 Å². The zero-order valence-electron chi connectivity index (χ0n) is 8.74. The topological polar surface area (TPSA) is 66.5 Å². The van der Waals surface area contributed by atoms with Gasteiger partial charge in [0.2, 0.25) is 0 Å². The van der Waals surface area contributed by atoms with Crippen molar-refractivity contribution >= 4 is 12.4 Å². The molecule has 0 amide bonds. The predicted molar refractivity (Wildman–Crippen MR) is 59.2 cm³/mol. The Morgan fingerprint density at radius 3 is 2.35 bits per heavy atom. The molecule has 17 heavy (non-hydrogen) atoms. The Morgan fingerprint density at radius 1 is 1.24 bits per heavy atom. The van der Waals surface area contributed by atoms with Gasteiger partial charge in [-0.15, -0.1) is 12.4 Å². The van der Waals surface area contributed by atoms with Gasteiger partial charge in [-0.3, -0.25) is 0 Å². The number of phenolic OH excluding ortho intramolecular Hbond substituents is 2. The summed E-state index contributed by atoms with van der Waals surface area (Å²) in [7, 11) is 0. The van der Waals surface area contributed by atoms with Crippen LogP contribution in [0.25, 0.3) is 0 Å². The second-order valence-corrected chi connectivity index (χ2v) is 3.48. The molecule has 1 atom stereocenters. The molecule has 1 rings (SSSR count). The van der Waals surface area contributed by atoms with Crippen LogP contribution in [0, 0.1) is 0 Å². The minimum absolute atomic E-state index is 0. The lowest BCUT2D eigenvalue weighted by Crippen LogP contribution is -2.15. The van der Waals surface area contributed by atoms with Crippen LogP contribution in [0.3, 0.4) is 0 Å². The summed E-state index contributed by atoms with van der Waals surface area (Å²) < 4.78 is 35.8. The molecular formula is C10H13ClF3NO2. The van der Waals surface area contributed by atoms with Gasteiger partial charge in [0.15, 0.2) is 11.5 Å². The molecule has 0 bridgehead atoms. The molecule has 0 saturated carbocycles. The Kier molecular flexibility index (Phi) is 5.57. The highest BCUT2D eigenvalue weighted by atomic mass is 35.5. The smallest absolute Gasteiger partial charge is 0.389 e. The largest absolute Gasteiger partial charge is 0.504 e. The lowest BCUT2D eigenvalue weighted by atomic mass is 10.0. The molecule has 7 heteroatoms. The summed E-state index contributed by atoms with van der Waals surface area (Å²) in [6, 6.07) is 3.08. The summed E-state index contributed by atoms with van der Waals surface area (Å²) >= 11 is 0. The molecule has 0 aliphatic heterocycles. The molecule has 98 valence electrons. The van der Waals surface area contributed by atoms with Crippen molar-refractivity contribution < 1.29 is 23.4 Å². The number of phenols is 2. The molecule has 1 aromatic carbocycles. The number of rotatable bonds is 3. The van der Waals surface area contributed by atoms with Crippen molar-refractivity contribution in [3.8, 4) is 11.5 Å². The minimum Gasteiger partial charge on any atom is -0.504 e. The third kappa shape index (κ3) is 4.70. The number of aromatic hydroxyl groups is 2. The maximum absolute atomic E-state index is 11.9. The van der Waals surface area contributed by atoms with E-state index in [9.17, 15) is 18.3 Å². The summed E-state index contributed by atoms with van der Waals surface area (Å²) in [5.41, 5.74) is 5.62. The van der Waals surface area contributed by atoms with Gasteiger partial charge in [0.05, 0.1) is 0 Å². The Morgan fingerprint density at radius 2 is 1.82 bits per heavy atom. The number of hydrogen-bond acceptors (Lipinski definition) is 3. The lowest BCUT2D eigenvalue weighted by Gasteiger charge is -2.15. The summed E-state index contributed by atoms with van der Waals surface area (Å²) in [6.45, 7) is 0. The number of nitrogens with two attached hydrogens (primary N) is 1. The quantitative estimate of drug-likeness (QED) is 0.741. The van der Waals surface area contributed by atoms with E-state index in [-0.39, 0.29) is 30.1 Å². The number of halogens is 4. The van der Waals surface area contributed by atoms with Gasteiger partial charge in [-0.25, -0.2) is 0 Å². The molecule has 4 N–H and O–H groups in total. The molecule has 0 aromatic heterocycles. The van der Waals surface area contributed by atoms with Crippen LogP contribution in [0.2, 0.25) is 0 Å². The Bertz CT molecular complexity index is 371. The van der Waals surface area contributed by atoms with Gasteiger partial charge in [0.25, 0.3) is 0 Å². The van der Waals surface area contributed by atoms with Crippen LogP contribution in [0.4, 0.5) is 13.2 Å². The molecule has 0 unspecified atom stereocenters. The molecule has 0 fully saturated rings. The lowest BCUT2D eigenvalue weighted by molar-refractivity contribution is -0.136. The van der Waals surface area contributed by atoms with Crippen LogP contribution < -0.4 is 5.73 Å². The Hall–Kier alpha value is -1.14. The van der Waals surface area contributed by atoms with E-state index in [1.807, 2.05) is 0 Å². The molecule has 0 heterocycles. The molecule has 0 spiro atoms. The van der Waals surface area contributed by atoms with Gasteiger partial charge in [0.1, 0.15) is 0 Å². The highest BCUT2D eigenvalue weighted by Gasteiger charge is 2.28. The summed E-state index contributed by atoms with van der Waals surface area (Å²) in [4.78, 5) is 0. The maximum Gasteiger partial charge on any atom is 0.389 e. The molecule has 3 nitrogen and oxygen atoms in total. The van der Waals surface area contributed by atoms with E-state index in [2.05, 4.69) is 0 Å². The summed E-state index contributed by atoms with van der Waals surface area (Å²) in [5, 5.41) is 18.5. The van der Waals surface area contributed by atoms with Gasteiger partial charge in [0, 0.05) is 18.0 Å². The summed E-state index contributed by atoms with van der Waals surface area (Å²) in [6.07, 6.45) is -5.63. The highest BCUT2D eigenvalue weighted by Crippen LogP contribution is 2.34. The fourth-order valence-corrected chi connectivity index (χ4v) is 1.32. The predicted octanol–water partition coefficient (Wildman–Crippen LogP) is 2.86. The zero-order valence-corrected chi connectivity index (χ0v) is 9.55. The average Bonchev–Trinajstić information content (AvgIpc) is 2.17. The Balaban J connectivity index is 0.00000256. The first kappa shape index (κ1) is 15.9. The van der Waals surface area contributed by atoms with E-state index in [0.717, 1.165) is 0 Å². The molecule has 1 aromatic rings. The molecule has 0 aliphatic rings. The molecule has 0 radical (unpaired) electrons. The fraction of sp³-hybridized carbons (Fsp3) is 0.400. The van der Waals surface area contributed by atoms with Crippen LogP contribution in [-0.4, -0.2) is 16.4 Å². The van der Waals surface area contributed by atoms with Crippen molar-refractivity contribution in [1.82, 2.24) is 0 Å². The monoisotopic (exact) mass is 271 g/mol. The molecule has 0 aliphatic carbocycles. The van der Waals surface area contributed by atoms with Crippen LogP contribution in [-0.2, 0) is 0 Å². The van der Waals surface area contributed by atoms with Crippen molar-refractivity contribution in [2.75, 3.05) is 0 Å². The van der Waals surface area contributed by atoms with Crippen molar-refractivity contribution in [3.05, 3.63) is 23.8 Å². The van der Waals surface area contributed by atoms with E-state index in [4.69, 9.17) is 10.8 Å². The van der Waals surface area contributed by atoms with E-state index in [1.165, 1.54) is 18.2 Å². The third-order valence-corrected chi connectivity index (χ3v) is 2.18. The van der Waals surface area contributed by atoms with E-state index >= 15 is 0 Å². The number of alkyl halides is 3. The first-order chi connectivity index (χ1) is 7.31. The van der Waals surface area contributed by atoms with Crippen LogP contribution >= 0.6 is 12.4 Å². The first-order valence-electron chi connectivity index (χ1n) is 4.64. The number of benzene rings is 1. The standard InChI is InChI=1S/C10H12F3NO2.ClH/c11-10(12,13)5-4-7(14)6-2-1-3-8(15)9(6)16;/h1-3,7,15-16H,4-5,14H2;1H/t7-;/m1./s1. The van der Waals surface area contributed by atoms with Crippen molar-refractivity contribution in [2.24, 2.45) is 5.73 Å². The normalized spacial score (nSPS) is 12.9. The van der Waals surface area contributed by atoms with Crippen molar-refractivity contribution in [2.45, 2.75) is 25.1 Å². The van der Waals surface area contributed by atoms with Crippen LogP contribution in [0.5, 0.6) is 11.5 Å². The average molecular weight is 272 g/mol. The van der Waals surface area contributed by atoms with Gasteiger partial charge < -0.3 is 15.9 Å². The van der Waals surface area contributed by atoms with Crippen molar-refractivity contribution in [3.63, 3.8) is 0 Å². The van der Waals surface area contributed by atoms with E-state index < -0.39 is 24.4 Å². The Labute approximate surface area is 102 Å². The SMILES string of the molecule is Cl.N[C@H](CCC(F)(F)F)c1cccc(O)c1O. The van der Waals surface area contributed by atoms with Gasteiger partial charge in [-0.05, 0) is 12.5 Å². The summed E-state index contributed by atoms with van der Waals surface area (Å²) in [5.74, 6) is -0.850. The first-order valence-corrected chi connectivity index (χ1v) is 4.64. The minimum atomic E-state index is -4.27. The van der Waals surface area contributed by atoms with E-state index in [1.54, 1.807) is 0 Å². The van der Waals surface area contributed by atoms with Crippen LogP contribution in [0.1, 0.15) is 24.4 Å². The fourth-order valence-electron chi connectivity index (χ4n) is 1.32. The second kappa shape index (κ2) is 5.97. The van der Waals surface area contributed by atoms with Gasteiger partial charge in [-0.1, -0.05) is 12.1 Å². The van der Waals surface area contributed by atoms with Crippen molar-refractivity contribution in [1.29, 1.82) is 0 Å². The van der Waals surface area contributed by atoms with Gasteiger partial charge >= 0.3 is 6.18 Å². The maximum atomic E-state index is 11.9. The van der Waals surface area contributed by atoms with Crippen LogP contribution in [0.15, 0.2) is 18.2 Å². The molecular weight excluding hydrogens is 259 g/mol. The van der Waals surface area contributed by atoms with E-state index in [0.29, 0.717) is 0 Å². The zero-order chi connectivity index (χ0) is 12.3. The third-order valence-electron chi connectivity index (χ3n) is 2.18. The second-order valence-electron chi connectivity index (χ2n) is 3.48. The number of hydrogen-bond donors (Lipinski definition) is 3. The number of para-hydroxylation sites is 1. The molecule has 0 saturated heterocycles. The highest BCUT2D eigenvalue weighted by molar-refractivity contribution is 5.85.